The van der Waals surface area contributed by atoms with E-state index >= 15 is 0 Å². The van der Waals surface area contributed by atoms with E-state index in [1.807, 2.05) is 13.8 Å². The lowest BCUT2D eigenvalue weighted by molar-refractivity contribution is 0.277. The minimum Gasteiger partial charge on any atom is -0.391 e. The molecule has 0 aliphatic carbocycles. The molecular weight excluding hydrogens is 168 g/mol. The number of rotatable bonds is 2. The van der Waals surface area contributed by atoms with Gasteiger partial charge in [0, 0.05) is 12.1 Å². The second-order valence-electron chi connectivity index (χ2n) is 2.97. The number of aliphatic hydroxyl groups is 1. The molecule has 1 aromatic rings. The van der Waals surface area contributed by atoms with Crippen LogP contribution in [0.1, 0.15) is 23.7 Å². The Morgan fingerprint density at radius 2 is 2.08 bits per heavy atom. The molecule has 0 amide bonds. The molecular formula is C9H14N2O2. The van der Waals surface area contributed by atoms with E-state index in [1.54, 1.807) is 6.92 Å². The molecule has 0 saturated carbocycles. The van der Waals surface area contributed by atoms with Gasteiger partial charge in [0.05, 0.1) is 12.3 Å². The van der Waals surface area contributed by atoms with Crippen LogP contribution < -0.4 is 5.56 Å². The maximum absolute atomic E-state index is 11.5. The van der Waals surface area contributed by atoms with E-state index in [9.17, 15) is 4.79 Å². The van der Waals surface area contributed by atoms with E-state index in [0.717, 1.165) is 11.3 Å². The van der Waals surface area contributed by atoms with Gasteiger partial charge in [-0.3, -0.25) is 4.79 Å². The summed E-state index contributed by atoms with van der Waals surface area (Å²) in [5.74, 6) is 0. The summed E-state index contributed by atoms with van der Waals surface area (Å²) in [5.41, 5.74) is 1.85. The number of hydrogen-bond donors (Lipinski definition) is 1. The molecule has 0 atom stereocenters. The third-order valence-corrected chi connectivity index (χ3v) is 2.22. The summed E-state index contributed by atoms with van der Waals surface area (Å²) in [6, 6.07) is 0. The normalized spacial score (nSPS) is 10.5. The highest BCUT2D eigenvalue weighted by molar-refractivity contribution is 5.24. The third kappa shape index (κ3) is 1.62. The van der Waals surface area contributed by atoms with Crippen molar-refractivity contribution in [2.24, 2.45) is 0 Å². The van der Waals surface area contributed by atoms with Crippen molar-refractivity contribution in [2.45, 2.75) is 33.9 Å². The largest absolute Gasteiger partial charge is 0.391 e. The SMILES string of the molecule is CCn1nc(C)c(C)c(CO)c1=O. The average molecular weight is 182 g/mol. The van der Waals surface area contributed by atoms with Gasteiger partial charge in [-0.15, -0.1) is 0 Å². The molecule has 72 valence electrons. The molecule has 0 aliphatic rings. The van der Waals surface area contributed by atoms with Gasteiger partial charge in [-0.05, 0) is 26.3 Å². The highest BCUT2D eigenvalue weighted by Gasteiger charge is 2.09. The summed E-state index contributed by atoms with van der Waals surface area (Å²) < 4.78 is 1.37. The maximum atomic E-state index is 11.5. The van der Waals surface area contributed by atoms with Crippen molar-refractivity contribution < 1.29 is 5.11 Å². The highest BCUT2D eigenvalue weighted by atomic mass is 16.3. The molecule has 1 heterocycles. The van der Waals surface area contributed by atoms with E-state index in [2.05, 4.69) is 5.10 Å². The predicted molar refractivity (Wildman–Crippen MR) is 49.6 cm³/mol. The molecule has 4 heteroatoms. The van der Waals surface area contributed by atoms with Crippen molar-refractivity contribution in [1.29, 1.82) is 0 Å². The molecule has 1 aromatic heterocycles. The first kappa shape index (κ1) is 9.92. The number of aromatic nitrogens is 2. The van der Waals surface area contributed by atoms with Crippen LogP contribution in [0.3, 0.4) is 0 Å². The Labute approximate surface area is 76.8 Å². The second-order valence-corrected chi connectivity index (χ2v) is 2.97. The summed E-state index contributed by atoms with van der Waals surface area (Å²) in [4.78, 5) is 11.5. The standard InChI is InChI=1S/C9H14N2O2/c1-4-11-9(13)8(5-12)6(2)7(3)10-11/h12H,4-5H2,1-3H3. The zero-order chi connectivity index (χ0) is 10.0. The fraction of sp³-hybridized carbons (Fsp3) is 0.556. The molecule has 0 aliphatic heterocycles. The fourth-order valence-corrected chi connectivity index (χ4v) is 1.24. The van der Waals surface area contributed by atoms with Crippen LogP contribution in [-0.2, 0) is 13.2 Å². The number of nitrogens with zero attached hydrogens (tertiary/aromatic N) is 2. The first-order valence-corrected chi connectivity index (χ1v) is 4.29. The van der Waals surface area contributed by atoms with Crippen molar-refractivity contribution in [2.75, 3.05) is 0 Å². The van der Waals surface area contributed by atoms with Crippen molar-refractivity contribution >= 4 is 0 Å². The molecule has 0 saturated heterocycles. The lowest BCUT2D eigenvalue weighted by Gasteiger charge is -2.08. The quantitative estimate of drug-likeness (QED) is 0.719. The van der Waals surface area contributed by atoms with Gasteiger partial charge >= 0.3 is 0 Å². The van der Waals surface area contributed by atoms with Crippen molar-refractivity contribution in [3.05, 3.63) is 27.2 Å². The topological polar surface area (TPSA) is 55.1 Å². The van der Waals surface area contributed by atoms with E-state index in [1.165, 1.54) is 4.68 Å². The monoisotopic (exact) mass is 182 g/mol. The van der Waals surface area contributed by atoms with Crippen LogP contribution in [0.25, 0.3) is 0 Å². The summed E-state index contributed by atoms with van der Waals surface area (Å²) in [7, 11) is 0. The molecule has 13 heavy (non-hydrogen) atoms. The van der Waals surface area contributed by atoms with E-state index < -0.39 is 0 Å². The third-order valence-electron chi connectivity index (χ3n) is 2.22. The maximum Gasteiger partial charge on any atom is 0.272 e. The Kier molecular flexibility index (Phi) is 2.83. The summed E-state index contributed by atoms with van der Waals surface area (Å²) >= 11 is 0. The van der Waals surface area contributed by atoms with Crippen molar-refractivity contribution in [3.63, 3.8) is 0 Å². The first-order valence-electron chi connectivity index (χ1n) is 4.29. The van der Waals surface area contributed by atoms with Crippen LogP contribution >= 0.6 is 0 Å². The summed E-state index contributed by atoms with van der Waals surface area (Å²) in [5, 5.41) is 13.1. The molecule has 0 aromatic carbocycles. The predicted octanol–water partition coefficient (Wildman–Crippen LogP) is 0.372. The molecule has 0 bridgehead atoms. The molecule has 1 rings (SSSR count). The van der Waals surface area contributed by atoms with Crippen LogP contribution in [0, 0.1) is 13.8 Å². The van der Waals surface area contributed by atoms with Crippen molar-refractivity contribution in [1.82, 2.24) is 9.78 Å². The first-order chi connectivity index (χ1) is 6.11. The minimum atomic E-state index is -0.214. The Morgan fingerprint density at radius 1 is 1.46 bits per heavy atom. The van der Waals surface area contributed by atoms with E-state index in [0.29, 0.717) is 12.1 Å². The summed E-state index contributed by atoms with van der Waals surface area (Å²) in [6.07, 6.45) is 0. The van der Waals surface area contributed by atoms with E-state index in [4.69, 9.17) is 5.11 Å². The lowest BCUT2D eigenvalue weighted by atomic mass is 10.1. The van der Waals surface area contributed by atoms with Crippen LogP contribution in [0.15, 0.2) is 4.79 Å². The highest BCUT2D eigenvalue weighted by Crippen LogP contribution is 2.05. The van der Waals surface area contributed by atoms with Gasteiger partial charge in [-0.25, -0.2) is 4.68 Å². The van der Waals surface area contributed by atoms with Gasteiger partial charge in [0.2, 0.25) is 0 Å². The van der Waals surface area contributed by atoms with Gasteiger partial charge in [-0.1, -0.05) is 0 Å². The van der Waals surface area contributed by atoms with Crippen LogP contribution in [0.4, 0.5) is 0 Å². The van der Waals surface area contributed by atoms with Crippen LogP contribution in [-0.4, -0.2) is 14.9 Å². The number of aliphatic hydroxyl groups excluding tert-OH is 1. The van der Waals surface area contributed by atoms with Crippen LogP contribution in [0.5, 0.6) is 0 Å². The fourth-order valence-electron chi connectivity index (χ4n) is 1.24. The smallest absolute Gasteiger partial charge is 0.272 e. The Balaban J connectivity index is 3.48. The molecule has 0 spiro atoms. The van der Waals surface area contributed by atoms with Gasteiger partial charge in [-0.2, -0.15) is 5.10 Å². The van der Waals surface area contributed by atoms with Gasteiger partial charge < -0.3 is 5.11 Å². The Morgan fingerprint density at radius 3 is 2.54 bits per heavy atom. The number of hydrogen-bond acceptors (Lipinski definition) is 3. The summed E-state index contributed by atoms with van der Waals surface area (Å²) in [6.45, 7) is 5.81. The number of aryl methyl sites for hydroxylation is 2. The minimum absolute atomic E-state index is 0.187. The molecule has 0 fully saturated rings. The van der Waals surface area contributed by atoms with Crippen LogP contribution in [0.2, 0.25) is 0 Å². The molecule has 4 nitrogen and oxygen atoms in total. The zero-order valence-electron chi connectivity index (χ0n) is 8.16. The van der Waals surface area contributed by atoms with Gasteiger partial charge in [0.25, 0.3) is 5.56 Å². The zero-order valence-corrected chi connectivity index (χ0v) is 8.16. The van der Waals surface area contributed by atoms with E-state index in [-0.39, 0.29) is 12.2 Å². The Hall–Kier alpha value is -1.16. The second kappa shape index (κ2) is 3.70. The molecule has 1 N–H and O–H groups in total. The Bertz CT molecular complexity index is 369. The average Bonchev–Trinajstić information content (AvgIpc) is 2.12. The lowest BCUT2D eigenvalue weighted by Crippen LogP contribution is -2.27. The molecule has 0 unspecified atom stereocenters. The van der Waals surface area contributed by atoms with Crippen molar-refractivity contribution in [3.8, 4) is 0 Å². The van der Waals surface area contributed by atoms with Gasteiger partial charge in [0.1, 0.15) is 0 Å². The molecule has 0 radical (unpaired) electrons. The van der Waals surface area contributed by atoms with Gasteiger partial charge in [0.15, 0.2) is 0 Å².